The zero-order chi connectivity index (χ0) is 24.9. The number of carbonyl (C=O) groups excluding carboxylic acids is 1. The topological polar surface area (TPSA) is 111 Å². The number of aromatic nitrogens is 3. The van der Waals surface area contributed by atoms with Crippen LogP contribution in [0.5, 0.6) is 17.2 Å². The first-order valence-electron chi connectivity index (χ1n) is 11.0. The normalized spacial score (nSPS) is 10.9. The molecule has 0 spiro atoms. The molecule has 0 atom stereocenters. The summed E-state index contributed by atoms with van der Waals surface area (Å²) < 4.78 is 12.1. The summed E-state index contributed by atoms with van der Waals surface area (Å²) >= 11 is 6.28. The van der Waals surface area contributed by atoms with Gasteiger partial charge in [0.05, 0.1) is 42.1 Å². The fourth-order valence-corrected chi connectivity index (χ4v) is 4.02. The van der Waals surface area contributed by atoms with E-state index in [2.05, 4.69) is 20.7 Å². The summed E-state index contributed by atoms with van der Waals surface area (Å²) in [6.07, 6.45) is 3.25. The van der Waals surface area contributed by atoms with Gasteiger partial charge in [0.1, 0.15) is 5.75 Å². The monoisotopic (exact) mass is 495 g/mol. The number of aromatic hydroxyl groups is 1. The lowest BCUT2D eigenvalue weighted by Crippen LogP contribution is -2.24. The Morgan fingerprint density at radius 1 is 1.06 bits per heavy atom. The second-order valence-corrected chi connectivity index (χ2v) is 8.16. The van der Waals surface area contributed by atoms with Gasteiger partial charge >= 0.3 is 0 Å². The molecule has 0 radical (unpaired) electrons. The van der Waals surface area contributed by atoms with E-state index in [0.717, 1.165) is 16.5 Å². The van der Waals surface area contributed by atoms with E-state index in [4.69, 9.17) is 21.1 Å². The maximum Gasteiger partial charge on any atom is 0.255 e. The molecule has 1 amide bonds. The molecule has 2 aromatic carbocycles. The van der Waals surface area contributed by atoms with Gasteiger partial charge < -0.3 is 25.2 Å². The van der Waals surface area contributed by atoms with E-state index >= 15 is 0 Å². The highest BCUT2D eigenvalue weighted by atomic mass is 35.5. The highest BCUT2D eigenvalue weighted by Gasteiger charge is 2.18. The summed E-state index contributed by atoms with van der Waals surface area (Å²) in [6, 6.07) is 10.4. The fourth-order valence-electron chi connectivity index (χ4n) is 3.74. The van der Waals surface area contributed by atoms with Crippen molar-refractivity contribution in [1.29, 1.82) is 0 Å². The molecule has 2 heterocycles. The second-order valence-electron chi connectivity index (χ2n) is 7.76. The Kier molecular flexibility index (Phi) is 7.26. The molecular weight excluding hydrogens is 470 g/mol. The van der Waals surface area contributed by atoms with Gasteiger partial charge in [0.15, 0.2) is 17.1 Å². The fraction of sp³-hybridized carbons (Fsp3) is 0.240. The number of hydrogen-bond donors (Lipinski definition) is 3. The van der Waals surface area contributed by atoms with Crippen LogP contribution in [0.25, 0.3) is 11.0 Å². The van der Waals surface area contributed by atoms with Gasteiger partial charge in [-0.05, 0) is 42.3 Å². The van der Waals surface area contributed by atoms with E-state index in [-0.39, 0.29) is 18.2 Å². The summed E-state index contributed by atoms with van der Waals surface area (Å²) in [5.41, 5.74) is 3.40. The number of ether oxygens (including phenoxy) is 2. The average Bonchev–Trinajstić information content (AvgIpc) is 3.30. The van der Waals surface area contributed by atoms with Gasteiger partial charge in [-0.2, -0.15) is 5.10 Å². The molecule has 2 aromatic heterocycles. The van der Waals surface area contributed by atoms with Gasteiger partial charge in [0.25, 0.3) is 5.91 Å². The highest BCUT2D eigenvalue weighted by Crippen LogP contribution is 2.29. The number of anilines is 1. The molecule has 4 aromatic rings. The molecule has 0 aliphatic heterocycles. The Bertz CT molecular complexity index is 1370. The van der Waals surface area contributed by atoms with Gasteiger partial charge in [0, 0.05) is 25.8 Å². The van der Waals surface area contributed by atoms with E-state index in [1.807, 2.05) is 19.1 Å². The van der Waals surface area contributed by atoms with Crippen LogP contribution in [-0.2, 0) is 19.6 Å². The van der Waals surface area contributed by atoms with Gasteiger partial charge in [-0.15, -0.1) is 0 Å². The number of pyridine rings is 1. The number of methoxy groups -OCH3 is 2. The Labute approximate surface area is 207 Å². The Hall–Kier alpha value is -3.98. The van der Waals surface area contributed by atoms with Crippen molar-refractivity contribution in [3.05, 3.63) is 70.5 Å². The number of phenols is 1. The zero-order valence-corrected chi connectivity index (χ0v) is 20.4. The third kappa shape index (κ3) is 5.09. The highest BCUT2D eigenvalue weighted by molar-refractivity contribution is 6.32. The zero-order valence-electron chi connectivity index (χ0n) is 19.6. The molecule has 35 heavy (non-hydrogen) atoms. The summed E-state index contributed by atoms with van der Waals surface area (Å²) in [5.74, 6) is 0.672. The van der Waals surface area contributed by atoms with Crippen LogP contribution in [0, 0.1) is 0 Å². The molecular formula is C25H26ClN5O4. The van der Waals surface area contributed by atoms with Crippen LogP contribution in [-0.4, -0.2) is 40.0 Å². The third-order valence-corrected chi connectivity index (χ3v) is 5.89. The molecule has 0 bridgehead atoms. The quantitative estimate of drug-likeness (QED) is 0.316. The first-order valence-corrected chi connectivity index (χ1v) is 11.4. The molecule has 3 N–H and O–H groups in total. The number of carbonyl (C=O) groups is 1. The number of aryl methyl sites for hydroxylation is 1. The molecule has 4 rings (SSSR count). The summed E-state index contributed by atoms with van der Waals surface area (Å²) in [4.78, 5) is 17.7. The van der Waals surface area contributed by atoms with Crippen molar-refractivity contribution in [2.75, 3.05) is 19.5 Å². The van der Waals surface area contributed by atoms with Crippen molar-refractivity contribution in [3.8, 4) is 17.2 Å². The molecule has 9 nitrogen and oxygen atoms in total. The molecule has 0 unspecified atom stereocenters. The van der Waals surface area contributed by atoms with Crippen LogP contribution >= 0.6 is 11.6 Å². The van der Waals surface area contributed by atoms with Crippen LogP contribution in [0.15, 0.2) is 48.8 Å². The lowest BCUT2D eigenvalue weighted by Gasteiger charge is -2.14. The predicted octanol–water partition coefficient (Wildman–Crippen LogP) is 4.37. The number of nitrogens with one attached hydrogen (secondary N) is 2. The number of nitrogens with zero attached hydrogens (tertiary/aromatic N) is 3. The summed E-state index contributed by atoms with van der Waals surface area (Å²) in [6.45, 7) is 3.30. The number of fused-ring (bicyclic) bond motifs is 1. The number of hydrogen-bond acceptors (Lipinski definition) is 7. The third-order valence-electron chi connectivity index (χ3n) is 5.59. The minimum absolute atomic E-state index is 0.0373. The van der Waals surface area contributed by atoms with Crippen molar-refractivity contribution < 1.29 is 19.4 Å². The minimum atomic E-state index is -0.300. The van der Waals surface area contributed by atoms with E-state index < -0.39 is 0 Å². The SMILES string of the molecule is CCn1ncc2c(NCc3ccc(OC)c(Cl)c3)c(C(=O)NCc3ccc(O)c(OC)c3)cnc21. The van der Waals surface area contributed by atoms with Crippen LogP contribution in [0.4, 0.5) is 5.69 Å². The Morgan fingerprint density at radius 3 is 2.51 bits per heavy atom. The molecule has 0 aliphatic carbocycles. The van der Waals surface area contributed by atoms with Crippen molar-refractivity contribution in [2.45, 2.75) is 26.6 Å². The summed E-state index contributed by atoms with van der Waals surface area (Å²) in [5, 5.41) is 21.7. The molecule has 0 aliphatic rings. The minimum Gasteiger partial charge on any atom is -0.504 e. The number of phenolic OH excluding ortho intramolecular Hbond substituents is 1. The van der Waals surface area contributed by atoms with Crippen molar-refractivity contribution in [1.82, 2.24) is 20.1 Å². The molecule has 0 saturated carbocycles. The maximum atomic E-state index is 13.2. The van der Waals surface area contributed by atoms with Crippen molar-refractivity contribution >= 4 is 34.2 Å². The molecule has 10 heteroatoms. The van der Waals surface area contributed by atoms with Gasteiger partial charge in [0.2, 0.25) is 0 Å². The van der Waals surface area contributed by atoms with E-state index in [1.165, 1.54) is 13.2 Å². The molecule has 182 valence electrons. The van der Waals surface area contributed by atoms with Crippen molar-refractivity contribution in [3.63, 3.8) is 0 Å². The van der Waals surface area contributed by atoms with Crippen molar-refractivity contribution in [2.24, 2.45) is 0 Å². The second kappa shape index (κ2) is 10.5. The van der Waals surface area contributed by atoms with E-state index in [0.29, 0.717) is 46.5 Å². The Morgan fingerprint density at radius 2 is 1.80 bits per heavy atom. The number of rotatable bonds is 9. The largest absolute Gasteiger partial charge is 0.504 e. The first kappa shape index (κ1) is 24.2. The first-order chi connectivity index (χ1) is 16.9. The molecule has 0 fully saturated rings. The van der Waals surface area contributed by atoms with Gasteiger partial charge in [-0.3, -0.25) is 4.79 Å². The average molecular weight is 496 g/mol. The smallest absolute Gasteiger partial charge is 0.255 e. The van der Waals surface area contributed by atoms with Crippen LogP contribution < -0.4 is 20.1 Å². The van der Waals surface area contributed by atoms with Crippen LogP contribution in [0.3, 0.4) is 0 Å². The maximum absolute atomic E-state index is 13.2. The van der Waals surface area contributed by atoms with Crippen LogP contribution in [0.1, 0.15) is 28.4 Å². The Balaban J connectivity index is 1.61. The van der Waals surface area contributed by atoms with E-state index in [9.17, 15) is 9.90 Å². The van der Waals surface area contributed by atoms with Crippen LogP contribution in [0.2, 0.25) is 5.02 Å². The number of halogens is 1. The lowest BCUT2D eigenvalue weighted by molar-refractivity contribution is 0.0951. The summed E-state index contributed by atoms with van der Waals surface area (Å²) in [7, 11) is 3.04. The van der Waals surface area contributed by atoms with Gasteiger partial charge in [-0.25, -0.2) is 9.67 Å². The molecule has 0 saturated heterocycles. The standard InChI is InChI=1S/C25H26ClN5O4/c1-4-31-24-17(14-30-31)23(27-11-15-6-8-21(34-2)19(26)9-15)18(13-28-24)25(33)29-12-16-5-7-20(32)22(10-16)35-3/h5-10,13-14,32H,4,11-12H2,1-3H3,(H,27,28)(H,29,33). The number of amides is 1. The van der Waals surface area contributed by atoms with Gasteiger partial charge in [-0.1, -0.05) is 23.7 Å². The number of benzene rings is 2. The van der Waals surface area contributed by atoms with E-state index in [1.54, 1.807) is 42.4 Å². The predicted molar refractivity (Wildman–Crippen MR) is 134 cm³/mol. The lowest BCUT2D eigenvalue weighted by atomic mass is 10.1.